The zero-order valence-corrected chi connectivity index (χ0v) is 13.7. The average Bonchev–Trinajstić information content (AvgIpc) is 2.68. The van der Waals surface area contributed by atoms with Gasteiger partial charge in [-0.2, -0.15) is 0 Å². The predicted octanol–water partition coefficient (Wildman–Crippen LogP) is 4.09. The molecule has 0 aliphatic heterocycles. The largest absolute Gasteiger partial charge is 0.289 e. The second-order valence-corrected chi connectivity index (χ2v) is 5.72. The number of pyridine rings is 1. The van der Waals surface area contributed by atoms with Crippen LogP contribution < -0.4 is 5.43 Å². The Balaban J connectivity index is 1.99. The zero-order chi connectivity index (χ0) is 17.9. The van der Waals surface area contributed by atoms with E-state index in [2.05, 4.69) is 9.97 Å². The Bertz CT molecular complexity index is 1150. The van der Waals surface area contributed by atoms with Gasteiger partial charge in [-0.15, -0.1) is 0 Å². The van der Waals surface area contributed by atoms with Crippen molar-refractivity contribution in [3.63, 3.8) is 0 Å². The topological polar surface area (TPSA) is 47.8 Å². The van der Waals surface area contributed by atoms with Crippen LogP contribution in [0.2, 0.25) is 0 Å². The summed E-state index contributed by atoms with van der Waals surface area (Å²) >= 11 is 0. The van der Waals surface area contributed by atoms with E-state index in [-0.39, 0.29) is 10.8 Å². The van der Waals surface area contributed by atoms with E-state index in [1.165, 1.54) is 18.2 Å². The molecular formula is C21H14FN3O. The first-order valence-corrected chi connectivity index (χ1v) is 8.08. The molecule has 0 radical (unpaired) electrons. The molecule has 2 aromatic heterocycles. The van der Waals surface area contributed by atoms with Gasteiger partial charge < -0.3 is 0 Å². The van der Waals surface area contributed by atoms with Crippen molar-refractivity contribution >= 4 is 23.1 Å². The number of fused-ring (bicyclic) bond motifs is 1. The van der Waals surface area contributed by atoms with Crippen molar-refractivity contribution in [2.45, 2.75) is 0 Å². The molecule has 0 aliphatic carbocycles. The van der Waals surface area contributed by atoms with Crippen LogP contribution in [0.4, 0.5) is 4.39 Å². The van der Waals surface area contributed by atoms with Crippen LogP contribution in [0, 0.1) is 5.82 Å². The summed E-state index contributed by atoms with van der Waals surface area (Å²) in [5.74, 6) is -0.0421. The highest BCUT2D eigenvalue weighted by atomic mass is 19.1. The van der Waals surface area contributed by atoms with Crippen LogP contribution in [-0.4, -0.2) is 14.5 Å². The maximum Gasteiger partial charge on any atom is 0.234 e. The molecule has 4 nitrogen and oxygen atoms in total. The number of hydrogen-bond donors (Lipinski definition) is 0. The van der Waals surface area contributed by atoms with Crippen molar-refractivity contribution in [3.8, 4) is 5.95 Å². The van der Waals surface area contributed by atoms with Crippen molar-refractivity contribution in [3.05, 3.63) is 100 Å². The lowest BCUT2D eigenvalue weighted by Gasteiger charge is -2.13. The van der Waals surface area contributed by atoms with Crippen molar-refractivity contribution in [2.24, 2.45) is 0 Å². The highest BCUT2D eigenvalue weighted by Crippen LogP contribution is 2.19. The van der Waals surface area contributed by atoms with E-state index in [0.717, 1.165) is 5.56 Å². The van der Waals surface area contributed by atoms with E-state index in [1.807, 2.05) is 42.5 Å². The summed E-state index contributed by atoms with van der Waals surface area (Å²) in [5.41, 5.74) is 1.92. The van der Waals surface area contributed by atoms with Gasteiger partial charge in [-0.1, -0.05) is 36.4 Å². The number of rotatable bonds is 3. The summed E-state index contributed by atoms with van der Waals surface area (Å²) in [6, 6.07) is 17.1. The Morgan fingerprint density at radius 2 is 1.65 bits per heavy atom. The molecule has 0 N–H and O–H groups in total. The van der Waals surface area contributed by atoms with Crippen LogP contribution in [0.3, 0.4) is 0 Å². The maximum atomic E-state index is 13.6. The molecule has 126 valence electrons. The molecule has 4 aromatic rings. The smallest absolute Gasteiger partial charge is 0.234 e. The van der Waals surface area contributed by atoms with Gasteiger partial charge in [-0.25, -0.2) is 14.4 Å². The first-order valence-electron chi connectivity index (χ1n) is 8.08. The second-order valence-electron chi connectivity index (χ2n) is 5.72. The highest BCUT2D eigenvalue weighted by molar-refractivity contribution is 5.83. The lowest BCUT2D eigenvalue weighted by atomic mass is 10.1. The molecule has 26 heavy (non-hydrogen) atoms. The molecule has 0 spiro atoms. The Morgan fingerprint density at radius 1 is 0.885 bits per heavy atom. The second kappa shape index (κ2) is 6.72. The van der Waals surface area contributed by atoms with E-state index in [9.17, 15) is 9.18 Å². The zero-order valence-electron chi connectivity index (χ0n) is 13.7. The Kier molecular flexibility index (Phi) is 4.11. The van der Waals surface area contributed by atoms with Crippen LogP contribution in [0.5, 0.6) is 0 Å². The van der Waals surface area contributed by atoms with E-state index in [4.69, 9.17) is 0 Å². The third-order valence-electron chi connectivity index (χ3n) is 4.00. The van der Waals surface area contributed by atoms with Gasteiger partial charge in [0.25, 0.3) is 0 Å². The fourth-order valence-corrected chi connectivity index (χ4v) is 2.81. The summed E-state index contributed by atoms with van der Waals surface area (Å²) in [7, 11) is 0. The van der Waals surface area contributed by atoms with Crippen molar-refractivity contribution < 1.29 is 4.39 Å². The van der Waals surface area contributed by atoms with Gasteiger partial charge in [0.1, 0.15) is 5.82 Å². The number of hydrogen-bond acceptors (Lipinski definition) is 3. The molecular weight excluding hydrogens is 329 g/mol. The third-order valence-corrected chi connectivity index (χ3v) is 4.00. The van der Waals surface area contributed by atoms with Crippen LogP contribution in [0.25, 0.3) is 29.0 Å². The third kappa shape index (κ3) is 3.02. The molecule has 0 saturated heterocycles. The Morgan fingerprint density at radius 3 is 2.42 bits per heavy atom. The van der Waals surface area contributed by atoms with E-state index in [0.29, 0.717) is 17.2 Å². The van der Waals surface area contributed by atoms with Crippen molar-refractivity contribution in [1.29, 1.82) is 0 Å². The van der Waals surface area contributed by atoms with Gasteiger partial charge in [-0.3, -0.25) is 9.36 Å². The number of halogens is 1. The number of benzene rings is 2. The fraction of sp³-hybridized carbons (Fsp3) is 0. The quantitative estimate of drug-likeness (QED) is 0.563. The van der Waals surface area contributed by atoms with Gasteiger partial charge in [0.2, 0.25) is 5.95 Å². The molecule has 0 bridgehead atoms. The lowest BCUT2D eigenvalue weighted by molar-refractivity contribution is 0.629. The minimum atomic E-state index is -0.456. The minimum Gasteiger partial charge on any atom is -0.289 e. The van der Waals surface area contributed by atoms with Crippen molar-refractivity contribution in [1.82, 2.24) is 14.5 Å². The van der Waals surface area contributed by atoms with Crippen LogP contribution in [0.15, 0.2) is 77.9 Å². The minimum absolute atomic E-state index is 0.251. The van der Waals surface area contributed by atoms with Gasteiger partial charge in [-0.05, 0) is 35.9 Å². The predicted molar refractivity (Wildman–Crippen MR) is 100 cm³/mol. The van der Waals surface area contributed by atoms with Crippen LogP contribution in [0.1, 0.15) is 11.3 Å². The molecule has 0 atom stereocenters. The molecule has 0 fully saturated rings. The summed E-state index contributed by atoms with van der Waals surface area (Å²) in [4.78, 5) is 21.1. The first kappa shape index (κ1) is 15.9. The summed E-state index contributed by atoms with van der Waals surface area (Å²) in [6.45, 7) is 0. The first-order chi connectivity index (χ1) is 12.7. The molecule has 0 saturated carbocycles. The molecule has 2 aromatic carbocycles. The number of aromatic nitrogens is 3. The fourth-order valence-electron chi connectivity index (χ4n) is 2.81. The lowest BCUT2D eigenvalue weighted by Crippen LogP contribution is -2.13. The Labute approximate surface area is 148 Å². The normalized spacial score (nSPS) is 11.3. The standard InChI is InChI=1S/C21H14FN3O/c22-16-8-10-19-18(13-16)20(26)14-17(9-7-15-5-2-1-3-6-15)25(19)21-23-11-4-12-24-21/h1-14H/b9-7+. The highest BCUT2D eigenvalue weighted by Gasteiger charge is 2.11. The number of nitrogens with zero attached hydrogens (tertiary/aromatic N) is 3. The summed E-state index contributed by atoms with van der Waals surface area (Å²) in [5, 5.41) is 0.286. The van der Waals surface area contributed by atoms with E-state index in [1.54, 1.807) is 29.1 Å². The van der Waals surface area contributed by atoms with Crippen LogP contribution in [-0.2, 0) is 0 Å². The van der Waals surface area contributed by atoms with Gasteiger partial charge in [0.15, 0.2) is 5.43 Å². The SMILES string of the molecule is O=c1cc(/C=C/c2ccccc2)n(-c2ncccn2)c2ccc(F)cc12. The molecule has 0 unspecified atom stereocenters. The van der Waals surface area contributed by atoms with Crippen LogP contribution >= 0.6 is 0 Å². The average molecular weight is 343 g/mol. The van der Waals surface area contributed by atoms with E-state index < -0.39 is 5.82 Å². The van der Waals surface area contributed by atoms with Crippen molar-refractivity contribution in [2.75, 3.05) is 0 Å². The molecule has 2 heterocycles. The van der Waals surface area contributed by atoms with Gasteiger partial charge in [0.05, 0.1) is 11.2 Å². The molecule has 5 heteroatoms. The Hall–Kier alpha value is -3.60. The maximum absolute atomic E-state index is 13.6. The molecule has 4 rings (SSSR count). The summed E-state index contributed by atoms with van der Waals surface area (Å²) < 4.78 is 15.4. The molecule has 0 amide bonds. The summed E-state index contributed by atoms with van der Waals surface area (Å²) in [6.07, 6.45) is 6.99. The van der Waals surface area contributed by atoms with E-state index >= 15 is 0 Å². The van der Waals surface area contributed by atoms with Gasteiger partial charge >= 0.3 is 0 Å². The van der Waals surface area contributed by atoms with Gasteiger partial charge in [0, 0.05) is 23.8 Å². The molecule has 0 aliphatic rings. The monoisotopic (exact) mass is 343 g/mol.